The zero-order chi connectivity index (χ0) is 12.6. The lowest BCUT2D eigenvalue weighted by Crippen LogP contribution is -1.85. The molecule has 0 aromatic heterocycles. The average Bonchev–Trinajstić information content (AvgIpc) is 2.35. The van der Waals surface area contributed by atoms with Crippen molar-refractivity contribution >= 4 is 21.6 Å². The van der Waals surface area contributed by atoms with Crippen molar-refractivity contribution in [2.24, 2.45) is 0 Å². The van der Waals surface area contributed by atoms with Gasteiger partial charge in [0.2, 0.25) is 0 Å². The van der Waals surface area contributed by atoms with E-state index in [1.165, 1.54) is 69.3 Å². The van der Waals surface area contributed by atoms with E-state index in [1.807, 2.05) is 21.6 Å². The lowest BCUT2D eigenvalue weighted by atomic mass is 10.1. The highest BCUT2D eigenvalue weighted by Gasteiger charge is 1.93. The maximum absolute atomic E-state index is 8.63. The van der Waals surface area contributed by atoms with Gasteiger partial charge in [0.15, 0.2) is 0 Å². The van der Waals surface area contributed by atoms with Crippen LogP contribution in [0.25, 0.3) is 0 Å². The lowest BCUT2D eigenvalue weighted by molar-refractivity contribution is 0.283. The molecule has 0 rings (SSSR count). The van der Waals surface area contributed by atoms with Crippen LogP contribution < -0.4 is 0 Å². The Labute approximate surface area is 116 Å². The summed E-state index contributed by atoms with van der Waals surface area (Å²) < 4.78 is 0. The summed E-state index contributed by atoms with van der Waals surface area (Å²) in [6, 6.07) is 0. The van der Waals surface area contributed by atoms with E-state index in [2.05, 4.69) is 6.92 Å². The van der Waals surface area contributed by atoms with E-state index < -0.39 is 0 Å². The zero-order valence-electron chi connectivity index (χ0n) is 11.5. The summed E-state index contributed by atoms with van der Waals surface area (Å²) in [4.78, 5) is 0. The van der Waals surface area contributed by atoms with E-state index in [9.17, 15) is 0 Å². The second kappa shape index (κ2) is 16.7. The Hall–Kier alpha value is 0.660. The fourth-order valence-electron chi connectivity index (χ4n) is 1.69. The van der Waals surface area contributed by atoms with Crippen molar-refractivity contribution in [3.63, 3.8) is 0 Å². The molecule has 0 unspecified atom stereocenters. The maximum atomic E-state index is 8.63. The average molecular weight is 279 g/mol. The molecule has 0 amide bonds. The molecule has 0 aliphatic rings. The van der Waals surface area contributed by atoms with E-state index in [0.29, 0.717) is 6.61 Å². The Bertz CT molecular complexity index is 117. The normalized spacial score (nSPS) is 10.9. The van der Waals surface area contributed by atoms with Gasteiger partial charge in [0.25, 0.3) is 0 Å². The molecule has 17 heavy (non-hydrogen) atoms. The van der Waals surface area contributed by atoms with E-state index in [1.54, 1.807) is 0 Å². The van der Waals surface area contributed by atoms with Gasteiger partial charge >= 0.3 is 0 Å². The van der Waals surface area contributed by atoms with E-state index in [-0.39, 0.29) is 0 Å². The molecule has 0 aromatic rings. The molecule has 0 saturated carbocycles. The molecular formula is C14H30OS2. The standard InChI is InChI=1S/C14H30OS2/c1-2-3-4-5-7-10-13-16-17-14-11-8-6-9-12-15/h15H,2-14H2,1H3. The molecule has 104 valence electrons. The largest absolute Gasteiger partial charge is 0.396 e. The molecule has 0 aliphatic heterocycles. The second-order valence-electron chi connectivity index (χ2n) is 4.55. The van der Waals surface area contributed by atoms with Crippen LogP contribution in [0.2, 0.25) is 0 Å². The van der Waals surface area contributed by atoms with Crippen LogP contribution in [0.15, 0.2) is 0 Å². The predicted molar refractivity (Wildman–Crippen MR) is 83.8 cm³/mol. The van der Waals surface area contributed by atoms with Crippen molar-refractivity contribution in [3.05, 3.63) is 0 Å². The van der Waals surface area contributed by atoms with Crippen LogP contribution in [0.3, 0.4) is 0 Å². The molecule has 0 saturated heterocycles. The molecule has 0 aliphatic carbocycles. The smallest absolute Gasteiger partial charge is 0.0431 e. The second-order valence-corrected chi connectivity index (χ2v) is 7.25. The number of aliphatic hydroxyl groups excluding tert-OH is 1. The van der Waals surface area contributed by atoms with Gasteiger partial charge in [-0.2, -0.15) is 0 Å². The first-order valence-corrected chi connectivity index (χ1v) is 9.76. The number of rotatable bonds is 14. The van der Waals surface area contributed by atoms with Crippen LogP contribution in [0.4, 0.5) is 0 Å². The summed E-state index contributed by atoms with van der Waals surface area (Å²) in [5, 5.41) is 8.63. The Morgan fingerprint density at radius 2 is 1.12 bits per heavy atom. The molecule has 0 heterocycles. The summed E-state index contributed by atoms with van der Waals surface area (Å²) in [7, 11) is 4.08. The fourth-order valence-corrected chi connectivity index (χ4v) is 3.98. The molecule has 3 heteroatoms. The first-order chi connectivity index (χ1) is 8.41. The fraction of sp³-hybridized carbons (Fsp3) is 1.00. The van der Waals surface area contributed by atoms with Gasteiger partial charge in [0, 0.05) is 18.1 Å². The molecule has 0 aromatic carbocycles. The van der Waals surface area contributed by atoms with Gasteiger partial charge in [-0.1, -0.05) is 73.5 Å². The highest BCUT2D eigenvalue weighted by Crippen LogP contribution is 2.24. The van der Waals surface area contributed by atoms with Crippen LogP contribution >= 0.6 is 21.6 Å². The maximum Gasteiger partial charge on any atom is 0.0431 e. The minimum atomic E-state index is 0.361. The van der Waals surface area contributed by atoms with E-state index >= 15 is 0 Å². The summed E-state index contributed by atoms with van der Waals surface area (Å²) >= 11 is 0. The molecule has 0 fully saturated rings. The quantitative estimate of drug-likeness (QED) is 0.345. The lowest BCUT2D eigenvalue weighted by Gasteiger charge is -2.02. The topological polar surface area (TPSA) is 20.2 Å². The molecule has 1 nitrogen and oxygen atoms in total. The summed E-state index contributed by atoms with van der Waals surface area (Å²) in [6.07, 6.45) is 13.2. The van der Waals surface area contributed by atoms with Gasteiger partial charge < -0.3 is 5.11 Å². The monoisotopic (exact) mass is 278 g/mol. The Morgan fingerprint density at radius 3 is 1.65 bits per heavy atom. The van der Waals surface area contributed by atoms with Gasteiger partial charge in [-0.25, -0.2) is 0 Å². The summed E-state index contributed by atoms with van der Waals surface area (Å²) in [5.41, 5.74) is 0. The molecule has 0 spiro atoms. The van der Waals surface area contributed by atoms with Crippen molar-refractivity contribution in [1.82, 2.24) is 0 Å². The molecule has 0 atom stereocenters. The van der Waals surface area contributed by atoms with Crippen molar-refractivity contribution in [2.45, 2.75) is 71.1 Å². The van der Waals surface area contributed by atoms with Gasteiger partial charge in [-0.15, -0.1) is 0 Å². The van der Waals surface area contributed by atoms with Crippen molar-refractivity contribution in [1.29, 1.82) is 0 Å². The number of hydrogen-bond acceptors (Lipinski definition) is 3. The Morgan fingerprint density at radius 1 is 0.647 bits per heavy atom. The van der Waals surface area contributed by atoms with Gasteiger partial charge in [0.05, 0.1) is 0 Å². The molecule has 0 radical (unpaired) electrons. The summed E-state index contributed by atoms with van der Waals surface area (Å²) in [5.74, 6) is 2.61. The Balaban J connectivity index is 2.85. The van der Waals surface area contributed by atoms with Crippen LogP contribution in [0.1, 0.15) is 71.1 Å². The van der Waals surface area contributed by atoms with E-state index in [0.717, 1.165) is 6.42 Å². The van der Waals surface area contributed by atoms with Crippen molar-refractivity contribution < 1.29 is 5.11 Å². The van der Waals surface area contributed by atoms with Crippen molar-refractivity contribution in [2.75, 3.05) is 18.1 Å². The molecule has 0 bridgehead atoms. The third-order valence-corrected chi connectivity index (χ3v) is 5.38. The first-order valence-electron chi connectivity index (χ1n) is 7.27. The van der Waals surface area contributed by atoms with Crippen LogP contribution in [-0.2, 0) is 0 Å². The summed E-state index contributed by atoms with van der Waals surface area (Å²) in [6.45, 7) is 2.63. The SMILES string of the molecule is CCCCCCCCSSCCCCCCO. The number of aliphatic hydroxyl groups is 1. The highest BCUT2D eigenvalue weighted by atomic mass is 33.1. The Kier molecular flexibility index (Phi) is 17.3. The predicted octanol–water partition coefficient (Wildman–Crippen LogP) is 5.28. The number of unbranched alkanes of at least 4 members (excludes halogenated alkanes) is 8. The van der Waals surface area contributed by atoms with Crippen LogP contribution in [-0.4, -0.2) is 23.2 Å². The van der Waals surface area contributed by atoms with Gasteiger partial charge in [0.1, 0.15) is 0 Å². The molecular weight excluding hydrogens is 248 g/mol. The third kappa shape index (κ3) is 16.7. The highest BCUT2D eigenvalue weighted by molar-refractivity contribution is 8.76. The van der Waals surface area contributed by atoms with E-state index in [4.69, 9.17) is 5.11 Å². The van der Waals surface area contributed by atoms with Crippen LogP contribution in [0, 0.1) is 0 Å². The number of hydrogen-bond donors (Lipinski definition) is 1. The minimum Gasteiger partial charge on any atom is -0.396 e. The van der Waals surface area contributed by atoms with Gasteiger partial charge in [-0.05, 0) is 19.3 Å². The minimum absolute atomic E-state index is 0.361. The molecule has 1 N–H and O–H groups in total. The third-order valence-electron chi connectivity index (χ3n) is 2.80. The zero-order valence-corrected chi connectivity index (χ0v) is 13.1. The first kappa shape index (κ1) is 17.7. The van der Waals surface area contributed by atoms with Crippen LogP contribution in [0.5, 0.6) is 0 Å². The van der Waals surface area contributed by atoms with Gasteiger partial charge in [-0.3, -0.25) is 0 Å². The van der Waals surface area contributed by atoms with Crippen molar-refractivity contribution in [3.8, 4) is 0 Å².